The lowest BCUT2D eigenvalue weighted by Crippen LogP contribution is -2.09. The largest absolute Gasteiger partial charge is 0.0620 e. The molecular weight excluding hydrogens is 144 g/mol. The normalized spacial score (nSPS) is 45.7. The van der Waals surface area contributed by atoms with Crippen LogP contribution in [0.15, 0.2) is 24.3 Å². The molecule has 0 spiro atoms. The fraction of sp³-hybridized carbons (Fsp3) is 0.500. The number of rotatable bonds is 0. The minimum absolute atomic E-state index is 0.946. The van der Waals surface area contributed by atoms with Crippen molar-refractivity contribution >= 4 is 0 Å². The molecule has 0 N–H and O–H groups in total. The van der Waals surface area contributed by atoms with Gasteiger partial charge >= 0.3 is 0 Å². The summed E-state index contributed by atoms with van der Waals surface area (Å²) < 4.78 is 0. The predicted molar refractivity (Wildman–Crippen MR) is 48.1 cm³/mol. The molecule has 2 saturated carbocycles. The molecule has 5 rings (SSSR count). The number of hydrogen-bond acceptors (Lipinski definition) is 0. The van der Waals surface area contributed by atoms with Crippen molar-refractivity contribution in [2.75, 3.05) is 0 Å². The van der Waals surface area contributed by atoms with Crippen LogP contribution in [0.5, 0.6) is 0 Å². The Morgan fingerprint density at radius 2 is 1.58 bits per heavy atom. The quantitative estimate of drug-likeness (QED) is 0.541. The van der Waals surface area contributed by atoms with Crippen LogP contribution in [0.4, 0.5) is 0 Å². The van der Waals surface area contributed by atoms with Crippen molar-refractivity contribution in [2.45, 2.75) is 24.7 Å². The summed E-state index contributed by atoms with van der Waals surface area (Å²) in [5.74, 6) is 4.14. The Balaban J connectivity index is 2.02. The van der Waals surface area contributed by atoms with E-state index in [1.54, 1.807) is 11.1 Å². The first kappa shape index (κ1) is 5.80. The van der Waals surface area contributed by atoms with Crippen LogP contribution in [0.2, 0.25) is 0 Å². The van der Waals surface area contributed by atoms with Crippen LogP contribution in [0, 0.1) is 11.8 Å². The zero-order chi connectivity index (χ0) is 7.71. The minimum Gasteiger partial charge on any atom is -0.0620 e. The molecule has 0 amide bonds. The highest BCUT2D eigenvalue weighted by molar-refractivity contribution is 5.45. The molecule has 60 valence electrons. The van der Waals surface area contributed by atoms with Crippen LogP contribution in [-0.2, 0) is 0 Å². The van der Waals surface area contributed by atoms with Crippen molar-refractivity contribution in [2.24, 2.45) is 11.8 Å². The topological polar surface area (TPSA) is 0 Å². The minimum atomic E-state index is 0.946. The molecule has 4 aliphatic rings. The molecule has 2 unspecified atom stereocenters. The summed E-state index contributed by atoms with van der Waals surface area (Å²) in [5.41, 5.74) is 3.39. The smallest absolute Gasteiger partial charge is 0.00963 e. The van der Waals surface area contributed by atoms with E-state index in [0.29, 0.717) is 0 Å². The molecule has 2 atom stereocenters. The molecule has 4 bridgehead atoms. The first-order valence-corrected chi connectivity index (χ1v) is 5.04. The van der Waals surface area contributed by atoms with Crippen LogP contribution >= 0.6 is 0 Å². The maximum Gasteiger partial charge on any atom is -0.00963 e. The van der Waals surface area contributed by atoms with Gasteiger partial charge in [0.15, 0.2) is 0 Å². The van der Waals surface area contributed by atoms with Gasteiger partial charge in [-0.1, -0.05) is 24.3 Å². The second-order valence-electron chi connectivity index (χ2n) is 4.65. The van der Waals surface area contributed by atoms with E-state index in [-0.39, 0.29) is 0 Å². The highest BCUT2D eigenvalue weighted by atomic mass is 14.6. The summed E-state index contributed by atoms with van der Waals surface area (Å²) >= 11 is 0. The molecule has 0 heteroatoms. The Kier molecular flexibility index (Phi) is 0.778. The molecule has 12 heavy (non-hydrogen) atoms. The Labute approximate surface area is 72.6 Å². The van der Waals surface area contributed by atoms with Crippen molar-refractivity contribution in [1.82, 2.24) is 0 Å². The summed E-state index contributed by atoms with van der Waals surface area (Å²) in [7, 11) is 0. The third-order valence-corrected chi connectivity index (χ3v) is 4.24. The van der Waals surface area contributed by atoms with Gasteiger partial charge in [-0.2, -0.15) is 0 Å². The molecule has 0 aliphatic heterocycles. The van der Waals surface area contributed by atoms with Crippen molar-refractivity contribution in [3.05, 3.63) is 35.4 Å². The second-order valence-corrected chi connectivity index (χ2v) is 4.65. The Morgan fingerprint density at radius 3 is 2.33 bits per heavy atom. The maximum atomic E-state index is 2.36. The van der Waals surface area contributed by atoms with E-state index in [2.05, 4.69) is 24.3 Å². The van der Waals surface area contributed by atoms with Crippen molar-refractivity contribution in [3.8, 4) is 0 Å². The van der Waals surface area contributed by atoms with Gasteiger partial charge in [-0.15, -0.1) is 0 Å². The maximum absolute atomic E-state index is 2.36. The van der Waals surface area contributed by atoms with E-state index < -0.39 is 0 Å². The summed E-state index contributed by atoms with van der Waals surface area (Å²) in [4.78, 5) is 0. The van der Waals surface area contributed by atoms with Gasteiger partial charge in [-0.25, -0.2) is 0 Å². The molecule has 1 aromatic carbocycles. The van der Waals surface area contributed by atoms with E-state index in [0.717, 1.165) is 23.7 Å². The van der Waals surface area contributed by atoms with Gasteiger partial charge in [0, 0.05) is 0 Å². The molecule has 0 radical (unpaired) electrons. The molecule has 0 nitrogen and oxygen atoms in total. The monoisotopic (exact) mass is 156 g/mol. The summed E-state index contributed by atoms with van der Waals surface area (Å²) in [5, 5.41) is 0. The van der Waals surface area contributed by atoms with Crippen LogP contribution in [0.25, 0.3) is 0 Å². The molecule has 0 saturated heterocycles. The van der Waals surface area contributed by atoms with Crippen molar-refractivity contribution in [3.63, 3.8) is 0 Å². The lowest BCUT2D eigenvalue weighted by molar-refractivity contribution is 0.546. The second kappa shape index (κ2) is 1.61. The fourth-order valence-corrected chi connectivity index (χ4v) is 3.74. The van der Waals surface area contributed by atoms with Gasteiger partial charge in [0.25, 0.3) is 0 Å². The molecular formula is C12H12. The lowest BCUT2D eigenvalue weighted by Gasteiger charge is -2.25. The van der Waals surface area contributed by atoms with Crippen LogP contribution in [0.3, 0.4) is 0 Å². The Hall–Kier alpha value is -0.780. The summed E-state index contributed by atoms with van der Waals surface area (Å²) in [6.07, 6.45) is 3.01. The molecule has 0 aromatic heterocycles. The highest BCUT2D eigenvalue weighted by Gasteiger charge is 2.60. The number of hydrogen-bond donors (Lipinski definition) is 0. The van der Waals surface area contributed by atoms with Crippen molar-refractivity contribution in [1.29, 1.82) is 0 Å². The summed E-state index contributed by atoms with van der Waals surface area (Å²) in [6.45, 7) is 0. The third kappa shape index (κ3) is 0.475. The van der Waals surface area contributed by atoms with Crippen LogP contribution < -0.4 is 0 Å². The molecule has 0 heterocycles. The standard InChI is InChI=1S/C12H12/c1-2-4-9-8(3-1)7-5-10-11(6-7)12(9)10/h1-4,7,10-12H,5-6H2. The molecule has 1 aromatic rings. The third-order valence-electron chi connectivity index (χ3n) is 4.24. The van der Waals surface area contributed by atoms with E-state index in [9.17, 15) is 0 Å². The van der Waals surface area contributed by atoms with Gasteiger partial charge in [0.05, 0.1) is 0 Å². The Morgan fingerprint density at radius 1 is 0.917 bits per heavy atom. The van der Waals surface area contributed by atoms with E-state index in [1.807, 2.05) is 0 Å². The van der Waals surface area contributed by atoms with Gasteiger partial charge in [0.2, 0.25) is 0 Å². The lowest BCUT2D eigenvalue weighted by atomic mass is 9.80. The Bertz CT molecular complexity index is 320. The zero-order valence-corrected chi connectivity index (χ0v) is 7.03. The summed E-state index contributed by atoms with van der Waals surface area (Å²) in [6, 6.07) is 9.12. The van der Waals surface area contributed by atoms with E-state index >= 15 is 0 Å². The SMILES string of the molecule is c1ccc2c(c1)C1CC3C(C1)C23. The van der Waals surface area contributed by atoms with Crippen LogP contribution in [-0.4, -0.2) is 0 Å². The zero-order valence-electron chi connectivity index (χ0n) is 7.03. The van der Waals surface area contributed by atoms with Gasteiger partial charge in [-0.3, -0.25) is 0 Å². The molecule has 2 fully saturated rings. The van der Waals surface area contributed by atoms with Crippen molar-refractivity contribution < 1.29 is 0 Å². The van der Waals surface area contributed by atoms with Gasteiger partial charge in [-0.05, 0) is 47.6 Å². The van der Waals surface area contributed by atoms with E-state index in [4.69, 9.17) is 0 Å². The first-order chi connectivity index (χ1) is 5.95. The van der Waals surface area contributed by atoms with Gasteiger partial charge < -0.3 is 0 Å². The highest BCUT2D eigenvalue weighted by Crippen LogP contribution is 2.71. The number of benzene rings is 1. The average Bonchev–Trinajstić information content (AvgIpc) is 2.69. The van der Waals surface area contributed by atoms with Crippen LogP contribution in [0.1, 0.15) is 35.8 Å². The first-order valence-electron chi connectivity index (χ1n) is 5.04. The van der Waals surface area contributed by atoms with Gasteiger partial charge in [0.1, 0.15) is 0 Å². The molecule has 4 aliphatic carbocycles. The average molecular weight is 156 g/mol. The van der Waals surface area contributed by atoms with E-state index in [1.165, 1.54) is 12.8 Å². The fourth-order valence-electron chi connectivity index (χ4n) is 3.74. The predicted octanol–water partition coefficient (Wildman–Crippen LogP) is 2.91.